The van der Waals surface area contributed by atoms with Crippen LogP contribution < -0.4 is 15.8 Å². The molecule has 0 fully saturated rings. The second-order valence-corrected chi connectivity index (χ2v) is 4.52. The zero-order chi connectivity index (χ0) is 15.0. The molecule has 0 saturated carbocycles. The minimum Gasteiger partial charge on any atom is -0.491 e. The first-order valence-electron chi connectivity index (χ1n) is 6.45. The fourth-order valence-corrected chi connectivity index (χ4v) is 1.49. The van der Waals surface area contributed by atoms with Crippen molar-refractivity contribution >= 4 is 17.5 Å². The topological polar surface area (TPSA) is 84.7 Å². The van der Waals surface area contributed by atoms with Crippen LogP contribution in [0.5, 0.6) is 5.75 Å². The highest BCUT2D eigenvalue weighted by atomic mass is 16.5. The van der Waals surface area contributed by atoms with E-state index in [1.807, 2.05) is 12.1 Å². The summed E-state index contributed by atoms with van der Waals surface area (Å²) >= 11 is 0. The molecule has 1 aromatic carbocycles. The van der Waals surface area contributed by atoms with Gasteiger partial charge >= 0.3 is 0 Å². The molecule has 1 aromatic rings. The Morgan fingerprint density at radius 1 is 1.25 bits per heavy atom. The molecule has 110 valence electrons. The molecule has 0 spiro atoms. The van der Waals surface area contributed by atoms with Gasteiger partial charge in [0.15, 0.2) is 0 Å². The number of benzene rings is 1. The molecule has 1 rings (SSSR count). The molecule has 0 atom stereocenters. The van der Waals surface area contributed by atoms with E-state index in [0.717, 1.165) is 0 Å². The summed E-state index contributed by atoms with van der Waals surface area (Å²) in [5, 5.41) is 2.67. The van der Waals surface area contributed by atoms with Crippen molar-refractivity contribution in [3.05, 3.63) is 24.3 Å². The number of ether oxygens (including phenoxy) is 1. The van der Waals surface area contributed by atoms with Crippen molar-refractivity contribution < 1.29 is 14.3 Å². The van der Waals surface area contributed by atoms with Gasteiger partial charge in [0.2, 0.25) is 11.8 Å². The number of carbonyl (C=O) groups excluding carboxylic acids is 2. The van der Waals surface area contributed by atoms with E-state index in [-0.39, 0.29) is 24.8 Å². The lowest BCUT2D eigenvalue weighted by atomic mass is 10.3. The van der Waals surface area contributed by atoms with E-state index in [0.29, 0.717) is 24.4 Å². The molecule has 6 nitrogen and oxygen atoms in total. The first kappa shape index (κ1) is 15.8. The van der Waals surface area contributed by atoms with Crippen molar-refractivity contribution in [3.8, 4) is 5.75 Å². The van der Waals surface area contributed by atoms with Crippen LogP contribution in [0.1, 0.15) is 12.8 Å². The lowest BCUT2D eigenvalue weighted by Gasteiger charge is -2.11. The largest absolute Gasteiger partial charge is 0.491 e. The average Bonchev–Trinajstić information content (AvgIpc) is 2.40. The first-order chi connectivity index (χ1) is 9.50. The van der Waals surface area contributed by atoms with Gasteiger partial charge in [0.1, 0.15) is 5.75 Å². The molecule has 0 saturated heterocycles. The third-order valence-electron chi connectivity index (χ3n) is 2.67. The number of nitrogen functional groups attached to an aromatic ring is 1. The number of anilines is 1. The molecular formula is C14H21N3O3. The summed E-state index contributed by atoms with van der Waals surface area (Å²) in [7, 11) is 3.37. The van der Waals surface area contributed by atoms with E-state index in [1.165, 1.54) is 4.90 Å². The number of rotatable bonds is 7. The molecule has 0 aliphatic carbocycles. The molecule has 0 radical (unpaired) electrons. The van der Waals surface area contributed by atoms with Crippen molar-refractivity contribution in [2.24, 2.45) is 0 Å². The quantitative estimate of drug-likeness (QED) is 0.717. The van der Waals surface area contributed by atoms with Crippen molar-refractivity contribution in [1.29, 1.82) is 0 Å². The number of hydrogen-bond acceptors (Lipinski definition) is 4. The molecule has 2 amide bonds. The molecule has 0 aliphatic rings. The Hall–Kier alpha value is -2.24. The van der Waals surface area contributed by atoms with Crippen LogP contribution in [0.3, 0.4) is 0 Å². The van der Waals surface area contributed by atoms with Crippen LogP contribution in [0, 0.1) is 0 Å². The van der Waals surface area contributed by atoms with E-state index < -0.39 is 0 Å². The van der Waals surface area contributed by atoms with Gasteiger partial charge in [-0.15, -0.1) is 0 Å². The molecule has 0 heterocycles. The van der Waals surface area contributed by atoms with Gasteiger partial charge in [0, 0.05) is 27.1 Å². The molecule has 6 heteroatoms. The maximum Gasteiger partial charge on any atom is 0.223 e. The number of amides is 2. The number of hydrogen-bond donors (Lipinski definition) is 2. The van der Waals surface area contributed by atoms with Gasteiger partial charge in [-0.1, -0.05) is 12.1 Å². The van der Waals surface area contributed by atoms with Gasteiger partial charge in [-0.05, 0) is 12.1 Å². The number of carbonyl (C=O) groups is 2. The van der Waals surface area contributed by atoms with Crippen molar-refractivity contribution in [2.45, 2.75) is 12.8 Å². The lowest BCUT2D eigenvalue weighted by Crippen LogP contribution is -2.30. The lowest BCUT2D eigenvalue weighted by molar-refractivity contribution is -0.128. The predicted molar refractivity (Wildman–Crippen MR) is 77.3 cm³/mol. The monoisotopic (exact) mass is 279 g/mol. The van der Waals surface area contributed by atoms with E-state index in [4.69, 9.17) is 10.5 Å². The minimum absolute atomic E-state index is 0.0152. The smallest absolute Gasteiger partial charge is 0.223 e. The summed E-state index contributed by atoms with van der Waals surface area (Å²) in [5.74, 6) is 0.410. The van der Waals surface area contributed by atoms with E-state index in [2.05, 4.69) is 5.32 Å². The van der Waals surface area contributed by atoms with Gasteiger partial charge in [0.25, 0.3) is 0 Å². The van der Waals surface area contributed by atoms with Gasteiger partial charge in [-0.3, -0.25) is 9.59 Å². The predicted octanol–water partition coefficient (Wildman–Crippen LogP) is 0.632. The summed E-state index contributed by atoms with van der Waals surface area (Å²) in [6, 6.07) is 7.13. The van der Waals surface area contributed by atoms with E-state index in [9.17, 15) is 9.59 Å². The molecule has 0 aliphatic heterocycles. The molecular weight excluding hydrogens is 258 g/mol. The standard InChI is InChI=1S/C14H21N3O3/c1-17(2)14(19)7-9-16-13(18)8-10-20-12-6-4-3-5-11(12)15/h3-6H,7-10,15H2,1-2H3,(H,16,18). The van der Waals surface area contributed by atoms with Crippen LogP contribution in [0.15, 0.2) is 24.3 Å². The number of nitrogens with one attached hydrogen (secondary N) is 1. The summed E-state index contributed by atoms with van der Waals surface area (Å²) in [4.78, 5) is 24.3. The normalized spacial score (nSPS) is 9.90. The minimum atomic E-state index is -0.147. The summed E-state index contributed by atoms with van der Waals surface area (Å²) in [5.41, 5.74) is 6.26. The Bertz CT molecular complexity index is 461. The highest BCUT2D eigenvalue weighted by Crippen LogP contribution is 2.19. The summed E-state index contributed by atoms with van der Waals surface area (Å²) in [6.45, 7) is 0.588. The first-order valence-corrected chi connectivity index (χ1v) is 6.45. The van der Waals surface area contributed by atoms with Crippen LogP contribution in [0.4, 0.5) is 5.69 Å². The van der Waals surface area contributed by atoms with Crippen LogP contribution in [-0.2, 0) is 9.59 Å². The molecule has 0 bridgehead atoms. The fraction of sp³-hybridized carbons (Fsp3) is 0.429. The Morgan fingerprint density at radius 3 is 2.60 bits per heavy atom. The van der Waals surface area contributed by atoms with Crippen LogP contribution in [0.2, 0.25) is 0 Å². The second-order valence-electron chi connectivity index (χ2n) is 4.52. The second kappa shape index (κ2) is 8.04. The van der Waals surface area contributed by atoms with Gasteiger partial charge in [0.05, 0.1) is 18.7 Å². The number of nitrogens with zero attached hydrogens (tertiary/aromatic N) is 1. The fourth-order valence-electron chi connectivity index (χ4n) is 1.49. The van der Waals surface area contributed by atoms with Crippen molar-refractivity contribution in [2.75, 3.05) is 33.0 Å². The van der Waals surface area contributed by atoms with Gasteiger partial charge in [-0.25, -0.2) is 0 Å². The van der Waals surface area contributed by atoms with Crippen LogP contribution in [-0.4, -0.2) is 44.0 Å². The Morgan fingerprint density at radius 2 is 1.95 bits per heavy atom. The highest BCUT2D eigenvalue weighted by Gasteiger charge is 2.06. The molecule has 20 heavy (non-hydrogen) atoms. The Kier molecular flexibility index (Phi) is 6.36. The van der Waals surface area contributed by atoms with Crippen molar-refractivity contribution in [3.63, 3.8) is 0 Å². The molecule has 0 unspecified atom stereocenters. The van der Waals surface area contributed by atoms with Gasteiger partial charge in [-0.2, -0.15) is 0 Å². The summed E-state index contributed by atoms with van der Waals surface area (Å²) in [6.07, 6.45) is 0.524. The number of para-hydroxylation sites is 2. The van der Waals surface area contributed by atoms with Crippen LogP contribution >= 0.6 is 0 Å². The summed E-state index contributed by atoms with van der Waals surface area (Å²) < 4.78 is 5.41. The third-order valence-corrected chi connectivity index (χ3v) is 2.67. The SMILES string of the molecule is CN(C)C(=O)CCNC(=O)CCOc1ccccc1N. The maximum absolute atomic E-state index is 11.5. The zero-order valence-electron chi connectivity index (χ0n) is 11.9. The highest BCUT2D eigenvalue weighted by molar-refractivity contribution is 5.78. The Labute approximate surface area is 118 Å². The van der Waals surface area contributed by atoms with E-state index >= 15 is 0 Å². The number of nitrogens with two attached hydrogens (primary N) is 1. The molecule has 0 aromatic heterocycles. The molecule has 3 N–H and O–H groups in total. The zero-order valence-corrected chi connectivity index (χ0v) is 11.9. The average molecular weight is 279 g/mol. The van der Waals surface area contributed by atoms with Crippen LogP contribution in [0.25, 0.3) is 0 Å². The van der Waals surface area contributed by atoms with Gasteiger partial charge < -0.3 is 20.7 Å². The van der Waals surface area contributed by atoms with E-state index in [1.54, 1.807) is 26.2 Å². The maximum atomic E-state index is 11.5. The third kappa shape index (κ3) is 5.60. The van der Waals surface area contributed by atoms with Crippen molar-refractivity contribution in [1.82, 2.24) is 10.2 Å². The Balaban J connectivity index is 2.18.